The molecule has 1 amide bonds. The quantitative estimate of drug-likeness (QED) is 0.661. The van der Waals surface area contributed by atoms with Crippen LogP contribution in [-0.2, 0) is 15.6 Å². The van der Waals surface area contributed by atoms with E-state index in [4.69, 9.17) is 0 Å². The van der Waals surface area contributed by atoms with E-state index in [1.165, 1.54) is 6.42 Å². The highest BCUT2D eigenvalue weighted by atomic mass is 32.2. The topological polar surface area (TPSA) is 58.2 Å². The van der Waals surface area contributed by atoms with Crippen LogP contribution in [0.3, 0.4) is 0 Å². The predicted octanol–water partition coefficient (Wildman–Crippen LogP) is -0.377. The minimum atomic E-state index is -0.868. The number of hydrogen-bond acceptors (Lipinski definition) is 3. The van der Waals surface area contributed by atoms with Gasteiger partial charge in [0.15, 0.2) is 0 Å². The first-order valence-corrected chi connectivity index (χ1v) is 6.71. The molecule has 1 saturated heterocycles. The van der Waals surface area contributed by atoms with Crippen LogP contribution >= 0.6 is 0 Å². The molecule has 0 aromatic carbocycles. The fraction of sp³-hybridized carbons (Fsp3) is 0.889. The van der Waals surface area contributed by atoms with E-state index in [1.807, 2.05) is 0 Å². The van der Waals surface area contributed by atoms with Crippen LogP contribution in [-0.4, -0.2) is 41.3 Å². The van der Waals surface area contributed by atoms with Crippen LogP contribution in [0.25, 0.3) is 0 Å². The van der Waals surface area contributed by atoms with E-state index in [0.29, 0.717) is 24.8 Å². The van der Waals surface area contributed by atoms with Gasteiger partial charge in [0.1, 0.15) is 0 Å². The van der Waals surface area contributed by atoms with Gasteiger partial charge in [-0.2, -0.15) is 0 Å². The van der Waals surface area contributed by atoms with E-state index in [9.17, 15) is 9.00 Å². The number of nitrogens with one attached hydrogen (secondary N) is 2. The van der Waals surface area contributed by atoms with Crippen molar-refractivity contribution in [2.45, 2.75) is 25.3 Å². The van der Waals surface area contributed by atoms with Crippen LogP contribution in [0.1, 0.15) is 19.3 Å². The molecule has 82 valence electrons. The normalized spacial score (nSPS) is 23.4. The SMILES string of the molecule is CS(=O)CCC(=O)NCC1CCCN1. The van der Waals surface area contributed by atoms with Crippen LogP contribution in [0.2, 0.25) is 0 Å². The number of carbonyl (C=O) groups is 1. The Kier molecular flexibility index (Phi) is 5.11. The molecule has 1 rings (SSSR count). The van der Waals surface area contributed by atoms with Crippen molar-refractivity contribution in [1.82, 2.24) is 10.6 Å². The fourth-order valence-corrected chi connectivity index (χ4v) is 1.97. The molecule has 1 aliphatic rings. The van der Waals surface area contributed by atoms with E-state index in [2.05, 4.69) is 10.6 Å². The van der Waals surface area contributed by atoms with Gasteiger partial charge in [-0.05, 0) is 19.4 Å². The molecular weight excluding hydrogens is 200 g/mol. The van der Waals surface area contributed by atoms with Crippen LogP contribution < -0.4 is 10.6 Å². The summed E-state index contributed by atoms with van der Waals surface area (Å²) in [5.74, 6) is 0.470. The lowest BCUT2D eigenvalue weighted by Crippen LogP contribution is -2.37. The highest BCUT2D eigenvalue weighted by Gasteiger charge is 2.14. The Balaban J connectivity index is 2.05. The van der Waals surface area contributed by atoms with Gasteiger partial charge >= 0.3 is 0 Å². The Hall–Kier alpha value is -0.420. The lowest BCUT2D eigenvalue weighted by atomic mass is 10.2. The largest absolute Gasteiger partial charge is 0.355 e. The Morgan fingerprint density at radius 1 is 1.64 bits per heavy atom. The average molecular weight is 218 g/mol. The summed E-state index contributed by atoms with van der Waals surface area (Å²) in [6, 6.07) is 0.436. The van der Waals surface area contributed by atoms with Crippen LogP contribution in [0, 0.1) is 0 Å². The van der Waals surface area contributed by atoms with Gasteiger partial charge in [-0.1, -0.05) is 0 Å². The molecule has 5 heteroatoms. The van der Waals surface area contributed by atoms with Crippen LogP contribution in [0.15, 0.2) is 0 Å². The summed E-state index contributed by atoms with van der Waals surface area (Å²) < 4.78 is 10.7. The van der Waals surface area contributed by atoms with E-state index < -0.39 is 10.8 Å². The van der Waals surface area contributed by atoms with Crippen molar-refractivity contribution in [3.8, 4) is 0 Å². The molecule has 0 aromatic rings. The molecule has 1 fully saturated rings. The van der Waals surface area contributed by atoms with Crippen LogP contribution in [0.4, 0.5) is 0 Å². The molecule has 1 aliphatic heterocycles. The second kappa shape index (κ2) is 6.14. The molecule has 0 spiro atoms. The highest BCUT2D eigenvalue weighted by Crippen LogP contribution is 2.02. The molecule has 14 heavy (non-hydrogen) atoms. The summed E-state index contributed by atoms with van der Waals surface area (Å²) in [6.45, 7) is 1.76. The minimum Gasteiger partial charge on any atom is -0.355 e. The van der Waals surface area contributed by atoms with E-state index in [-0.39, 0.29) is 5.91 Å². The van der Waals surface area contributed by atoms with Crippen molar-refractivity contribution in [1.29, 1.82) is 0 Å². The summed E-state index contributed by atoms with van der Waals surface area (Å²) in [6.07, 6.45) is 4.32. The maximum atomic E-state index is 11.2. The first-order chi connectivity index (χ1) is 6.68. The maximum Gasteiger partial charge on any atom is 0.220 e. The van der Waals surface area contributed by atoms with Crippen molar-refractivity contribution < 1.29 is 9.00 Å². The number of hydrogen-bond donors (Lipinski definition) is 2. The molecule has 0 saturated carbocycles. The number of carbonyl (C=O) groups excluding carboxylic acids is 1. The van der Waals surface area contributed by atoms with Crippen molar-refractivity contribution in [2.24, 2.45) is 0 Å². The Morgan fingerprint density at radius 3 is 3.00 bits per heavy atom. The fourth-order valence-electron chi connectivity index (χ4n) is 1.49. The zero-order valence-electron chi connectivity index (χ0n) is 8.54. The zero-order valence-corrected chi connectivity index (χ0v) is 9.36. The van der Waals surface area contributed by atoms with Gasteiger partial charge in [0, 0.05) is 41.8 Å². The molecule has 0 aliphatic carbocycles. The van der Waals surface area contributed by atoms with E-state index >= 15 is 0 Å². The Morgan fingerprint density at radius 2 is 2.43 bits per heavy atom. The lowest BCUT2D eigenvalue weighted by molar-refractivity contribution is -0.120. The number of amides is 1. The molecular formula is C9H18N2O2S. The van der Waals surface area contributed by atoms with Crippen molar-refractivity contribution in [3.05, 3.63) is 0 Å². The average Bonchev–Trinajstić information content (AvgIpc) is 2.63. The Bertz CT molecular complexity index is 215. The molecule has 0 aromatic heterocycles. The van der Waals surface area contributed by atoms with Crippen LogP contribution in [0.5, 0.6) is 0 Å². The second-order valence-electron chi connectivity index (χ2n) is 3.62. The van der Waals surface area contributed by atoms with Gasteiger partial charge in [0.05, 0.1) is 0 Å². The third-order valence-corrected chi connectivity index (χ3v) is 3.10. The molecule has 0 bridgehead atoms. The Labute approximate surface area is 87.3 Å². The van der Waals surface area contributed by atoms with E-state index in [0.717, 1.165) is 13.0 Å². The predicted molar refractivity (Wildman–Crippen MR) is 57.6 cm³/mol. The number of rotatable bonds is 5. The molecule has 2 unspecified atom stereocenters. The third kappa shape index (κ3) is 4.72. The molecule has 1 heterocycles. The van der Waals surface area contributed by atoms with Gasteiger partial charge in [-0.3, -0.25) is 9.00 Å². The van der Waals surface area contributed by atoms with Gasteiger partial charge in [-0.25, -0.2) is 0 Å². The van der Waals surface area contributed by atoms with Gasteiger partial charge < -0.3 is 10.6 Å². The summed E-state index contributed by atoms with van der Waals surface area (Å²) >= 11 is 0. The first kappa shape index (κ1) is 11.7. The van der Waals surface area contributed by atoms with Gasteiger partial charge in [0.25, 0.3) is 0 Å². The smallest absolute Gasteiger partial charge is 0.220 e. The van der Waals surface area contributed by atoms with Crippen molar-refractivity contribution in [2.75, 3.05) is 25.1 Å². The highest BCUT2D eigenvalue weighted by molar-refractivity contribution is 7.84. The maximum absolute atomic E-state index is 11.2. The standard InChI is InChI=1S/C9H18N2O2S/c1-14(13)6-4-9(12)11-7-8-3-2-5-10-8/h8,10H,2-7H2,1H3,(H,11,12). The van der Waals surface area contributed by atoms with Crippen molar-refractivity contribution in [3.63, 3.8) is 0 Å². The summed E-state index contributed by atoms with van der Waals surface area (Å²) in [4.78, 5) is 11.2. The summed E-state index contributed by atoms with van der Waals surface area (Å²) in [5.41, 5.74) is 0. The molecule has 2 N–H and O–H groups in total. The zero-order chi connectivity index (χ0) is 10.4. The van der Waals surface area contributed by atoms with Gasteiger partial charge in [-0.15, -0.1) is 0 Å². The van der Waals surface area contributed by atoms with Gasteiger partial charge in [0.2, 0.25) is 5.91 Å². The van der Waals surface area contributed by atoms with Crippen molar-refractivity contribution >= 4 is 16.7 Å². The second-order valence-corrected chi connectivity index (χ2v) is 5.18. The van der Waals surface area contributed by atoms with E-state index in [1.54, 1.807) is 6.26 Å². The molecule has 0 radical (unpaired) electrons. The minimum absolute atomic E-state index is 0.00824. The third-order valence-electron chi connectivity index (χ3n) is 2.32. The first-order valence-electron chi connectivity index (χ1n) is 4.98. The summed E-state index contributed by atoms with van der Waals surface area (Å²) in [5, 5.41) is 6.15. The monoisotopic (exact) mass is 218 g/mol. The summed E-state index contributed by atoms with van der Waals surface area (Å²) in [7, 11) is -0.868. The molecule has 4 nitrogen and oxygen atoms in total. The molecule has 2 atom stereocenters. The lowest BCUT2D eigenvalue weighted by Gasteiger charge is -2.10.